The quantitative estimate of drug-likeness (QED) is 0.707. The van der Waals surface area contributed by atoms with Gasteiger partial charge < -0.3 is 5.32 Å². The number of aromatic nitrogens is 2. The smallest absolute Gasteiger partial charge is 0.352 e. The van der Waals surface area contributed by atoms with E-state index in [-0.39, 0.29) is 12.3 Å². The highest BCUT2D eigenvalue weighted by molar-refractivity contribution is 5.78. The van der Waals surface area contributed by atoms with E-state index in [2.05, 4.69) is 10.4 Å². The molecular formula is C21H20F3N3O. The highest BCUT2D eigenvalue weighted by atomic mass is 19.4. The van der Waals surface area contributed by atoms with Crippen LogP contribution in [0.1, 0.15) is 28.1 Å². The topological polar surface area (TPSA) is 46.9 Å². The van der Waals surface area contributed by atoms with Crippen LogP contribution in [0.5, 0.6) is 0 Å². The van der Waals surface area contributed by atoms with Crippen LogP contribution in [0.3, 0.4) is 0 Å². The van der Waals surface area contributed by atoms with Crippen LogP contribution in [0.4, 0.5) is 13.2 Å². The predicted octanol–water partition coefficient (Wildman–Crippen LogP) is 4.37. The maximum absolute atomic E-state index is 12.6. The van der Waals surface area contributed by atoms with E-state index >= 15 is 0 Å². The molecular weight excluding hydrogens is 367 g/mol. The summed E-state index contributed by atoms with van der Waals surface area (Å²) in [5.74, 6) is -0.258. The third kappa shape index (κ3) is 4.42. The van der Waals surface area contributed by atoms with E-state index in [1.165, 1.54) is 12.1 Å². The van der Waals surface area contributed by atoms with E-state index in [1.54, 1.807) is 0 Å². The Kier molecular flexibility index (Phi) is 5.53. The summed E-state index contributed by atoms with van der Waals surface area (Å²) in [7, 11) is 0. The van der Waals surface area contributed by atoms with Crippen LogP contribution in [-0.4, -0.2) is 15.7 Å². The lowest BCUT2D eigenvalue weighted by Gasteiger charge is -2.09. The largest absolute Gasteiger partial charge is 0.416 e. The van der Waals surface area contributed by atoms with Crippen LogP contribution in [0.25, 0.3) is 5.69 Å². The normalized spacial score (nSPS) is 11.5. The summed E-state index contributed by atoms with van der Waals surface area (Å²) in [6, 6.07) is 14.3. The molecule has 3 rings (SSSR count). The lowest BCUT2D eigenvalue weighted by Crippen LogP contribution is -2.25. The molecule has 1 amide bonds. The van der Waals surface area contributed by atoms with Gasteiger partial charge in [-0.25, -0.2) is 4.68 Å². The zero-order valence-electron chi connectivity index (χ0n) is 15.5. The molecule has 0 saturated heterocycles. The number of carbonyl (C=O) groups excluding carboxylic acids is 1. The number of nitrogens with one attached hydrogen (secondary N) is 1. The minimum absolute atomic E-state index is 0.0169. The summed E-state index contributed by atoms with van der Waals surface area (Å²) in [5, 5.41) is 7.36. The number of benzene rings is 2. The number of amides is 1. The van der Waals surface area contributed by atoms with E-state index in [4.69, 9.17) is 0 Å². The summed E-state index contributed by atoms with van der Waals surface area (Å²) in [4.78, 5) is 12.2. The number of nitrogens with zero attached hydrogens (tertiary/aromatic N) is 2. The summed E-state index contributed by atoms with van der Waals surface area (Å²) >= 11 is 0. The summed E-state index contributed by atoms with van der Waals surface area (Å²) in [6.07, 6.45) is -4.36. The van der Waals surface area contributed by atoms with Crippen molar-refractivity contribution in [2.45, 2.75) is 33.0 Å². The van der Waals surface area contributed by atoms with Gasteiger partial charge in [-0.1, -0.05) is 30.3 Å². The zero-order chi connectivity index (χ0) is 20.3. The van der Waals surface area contributed by atoms with Gasteiger partial charge in [0.15, 0.2) is 0 Å². The van der Waals surface area contributed by atoms with Gasteiger partial charge in [0.2, 0.25) is 5.91 Å². The Morgan fingerprint density at radius 1 is 1.04 bits per heavy atom. The van der Waals surface area contributed by atoms with Gasteiger partial charge >= 0.3 is 6.18 Å². The number of hydrogen-bond donors (Lipinski definition) is 1. The van der Waals surface area contributed by atoms with Gasteiger partial charge in [0.05, 0.1) is 23.4 Å². The van der Waals surface area contributed by atoms with Crippen LogP contribution in [0.15, 0.2) is 54.6 Å². The number of halogens is 3. The summed E-state index contributed by atoms with van der Waals surface area (Å²) in [5.41, 5.74) is 3.40. The molecule has 0 unspecified atom stereocenters. The van der Waals surface area contributed by atoms with E-state index in [1.807, 2.05) is 48.9 Å². The third-order valence-corrected chi connectivity index (χ3v) is 4.55. The molecule has 0 aliphatic rings. The van der Waals surface area contributed by atoms with E-state index in [9.17, 15) is 18.0 Å². The summed E-state index contributed by atoms with van der Waals surface area (Å²) in [6.45, 7) is 4.12. The second kappa shape index (κ2) is 7.88. The number of rotatable bonds is 5. The van der Waals surface area contributed by atoms with Crippen molar-refractivity contribution in [1.82, 2.24) is 15.1 Å². The van der Waals surface area contributed by atoms with Crippen molar-refractivity contribution in [2.24, 2.45) is 0 Å². The molecule has 28 heavy (non-hydrogen) atoms. The average molecular weight is 387 g/mol. The summed E-state index contributed by atoms with van der Waals surface area (Å²) < 4.78 is 39.6. The van der Waals surface area contributed by atoms with Crippen LogP contribution < -0.4 is 5.32 Å². The van der Waals surface area contributed by atoms with Crippen molar-refractivity contribution in [3.05, 3.63) is 82.7 Å². The maximum atomic E-state index is 12.6. The molecule has 146 valence electrons. The Morgan fingerprint density at radius 3 is 2.29 bits per heavy atom. The SMILES string of the molecule is Cc1nn(-c2ccccc2)c(C)c1CNC(=O)Cc1ccc(C(F)(F)F)cc1. The Hall–Kier alpha value is -3.09. The fourth-order valence-electron chi connectivity index (χ4n) is 3.00. The molecule has 4 nitrogen and oxygen atoms in total. The van der Waals surface area contributed by atoms with E-state index in [0.717, 1.165) is 34.8 Å². The molecule has 0 spiro atoms. The van der Waals surface area contributed by atoms with Crippen LogP contribution in [-0.2, 0) is 23.9 Å². The second-order valence-electron chi connectivity index (χ2n) is 6.54. The second-order valence-corrected chi connectivity index (χ2v) is 6.54. The molecule has 0 bridgehead atoms. The molecule has 3 aromatic rings. The lowest BCUT2D eigenvalue weighted by atomic mass is 10.1. The molecule has 0 aliphatic carbocycles. The first-order chi connectivity index (χ1) is 13.3. The van der Waals surface area contributed by atoms with Crippen molar-refractivity contribution in [3.8, 4) is 5.69 Å². The number of hydrogen-bond acceptors (Lipinski definition) is 2. The molecule has 0 radical (unpaired) electrons. The Balaban J connectivity index is 1.64. The van der Waals surface area contributed by atoms with Crippen LogP contribution in [0.2, 0.25) is 0 Å². The predicted molar refractivity (Wildman–Crippen MR) is 100 cm³/mol. The first-order valence-electron chi connectivity index (χ1n) is 8.79. The highest BCUT2D eigenvalue weighted by Crippen LogP contribution is 2.29. The minimum atomic E-state index is -4.38. The van der Waals surface area contributed by atoms with Crippen molar-refractivity contribution in [2.75, 3.05) is 0 Å². The van der Waals surface area contributed by atoms with Crippen molar-refractivity contribution >= 4 is 5.91 Å². The van der Waals surface area contributed by atoms with Crippen molar-refractivity contribution in [3.63, 3.8) is 0 Å². The molecule has 1 aromatic heterocycles. The van der Waals surface area contributed by atoms with Crippen molar-refractivity contribution < 1.29 is 18.0 Å². The molecule has 0 aliphatic heterocycles. The molecule has 7 heteroatoms. The Labute approximate surface area is 161 Å². The fraction of sp³-hybridized carbons (Fsp3) is 0.238. The monoisotopic (exact) mass is 387 g/mol. The highest BCUT2D eigenvalue weighted by Gasteiger charge is 2.29. The minimum Gasteiger partial charge on any atom is -0.352 e. The van der Waals surface area contributed by atoms with E-state index in [0.29, 0.717) is 12.1 Å². The molecule has 0 saturated carbocycles. The standard InChI is InChI=1S/C21H20F3N3O/c1-14-19(15(2)27(26-14)18-6-4-3-5-7-18)13-25-20(28)12-16-8-10-17(11-9-16)21(22,23)24/h3-11H,12-13H2,1-2H3,(H,25,28). The molecule has 2 aromatic carbocycles. The van der Waals surface area contributed by atoms with Gasteiger partial charge in [0, 0.05) is 17.8 Å². The van der Waals surface area contributed by atoms with E-state index < -0.39 is 11.7 Å². The van der Waals surface area contributed by atoms with Gasteiger partial charge in [0.1, 0.15) is 0 Å². The van der Waals surface area contributed by atoms with Gasteiger partial charge in [0.25, 0.3) is 0 Å². The molecule has 0 fully saturated rings. The Morgan fingerprint density at radius 2 is 1.68 bits per heavy atom. The van der Waals surface area contributed by atoms with Gasteiger partial charge in [-0.05, 0) is 43.7 Å². The lowest BCUT2D eigenvalue weighted by molar-refractivity contribution is -0.137. The number of carbonyl (C=O) groups is 1. The van der Waals surface area contributed by atoms with Crippen molar-refractivity contribution in [1.29, 1.82) is 0 Å². The number of para-hydroxylation sites is 1. The zero-order valence-corrected chi connectivity index (χ0v) is 15.5. The van der Waals surface area contributed by atoms with Gasteiger partial charge in [-0.2, -0.15) is 18.3 Å². The average Bonchev–Trinajstić information content (AvgIpc) is 2.94. The molecule has 0 atom stereocenters. The van der Waals surface area contributed by atoms with Gasteiger partial charge in [-0.15, -0.1) is 0 Å². The first-order valence-corrected chi connectivity index (χ1v) is 8.79. The van der Waals surface area contributed by atoms with Crippen LogP contribution in [0, 0.1) is 13.8 Å². The maximum Gasteiger partial charge on any atom is 0.416 e. The number of alkyl halides is 3. The molecule has 1 heterocycles. The van der Waals surface area contributed by atoms with Gasteiger partial charge in [-0.3, -0.25) is 4.79 Å². The first kappa shape index (κ1) is 19.7. The third-order valence-electron chi connectivity index (χ3n) is 4.55. The van der Waals surface area contributed by atoms with Crippen LogP contribution >= 0.6 is 0 Å². The molecule has 1 N–H and O–H groups in total. The Bertz CT molecular complexity index is 961. The number of aryl methyl sites for hydroxylation is 1. The fourth-order valence-corrected chi connectivity index (χ4v) is 3.00.